The number of amidine groups is 1. The van der Waals surface area contributed by atoms with E-state index in [2.05, 4.69) is 70.7 Å². The van der Waals surface area contributed by atoms with E-state index in [9.17, 15) is 0 Å². The Balaban J connectivity index is 2.13. The molecule has 0 unspecified atom stereocenters. The standard InChI is InChI=1S/C21H26N2/c1-13-9-15(3)19(16(4)10-13)21-22-7-8-23(21)20-17(5)11-14(2)12-18(20)6/h9-12H,7-8H2,1-6H3. The smallest absolute Gasteiger partial charge is 0.136 e. The maximum atomic E-state index is 4.86. The summed E-state index contributed by atoms with van der Waals surface area (Å²) < 4.78 is 0. The Morgan fingerprint density at radius 2 is 1.22 bits per heavy atom. The van der Waals surface area contributed by atoms with E-state index < -0.39 is 0 Å². The predicted molar refractivity (Wildman–Crippen MR) is 100 cm³/mol. The lowest BCUT2D eigenvalue weighted by Crippen LogP contribution is -2.30. The van der Waals surface area contributed by atoms with Crippen LogP contribution in [0.2, 0.25) is 0 Å². The molecule has 0 spiro atoms. The van der Waals surface area contributed by atoms with Gasteiger partial charge in [-0.2, -0.15) is 0 Å². The molecule has 2 aromatic rings. The van der Waals surface area contributed by atoms with Crippen LogP contribution in [0.15, 0.2) is 29.3 Å². The van der Waals surface area contributed by atoms with Crippen LogP contribution in [0.25, 0.3) is 0 Å². The van der Waals surface area contributed by atoms with Crippen molar-refractivity contribution < 1.29 is 0 Å². The Hall–Kier alpha value is -2.09. The molecule has 120 valence electrons. The SMILES string of the molecule is Cc1cc(C)c(C2=NCCN2c2c(C)cc(C)cc2C)c(C)c1. The molecule has 0 aromatic heterocycles. The van der Waals surface area contributed by atoms with Gasteiger partial charge in [-0.15, -0.1) is 0 Å². The number of rotatable bonds is 2. The van der Waals surface area contributed by atoms with Gasteiger partial charge in [0.1, 0.15) is 5.84 Å². The molecule has 0 N–H and O–H groups in total. The van der Waals surface area contributed by atoms with Gasteiger partial charge in [0.25, 0.3) is 0 Å². The van der Waals surface area contributed by atoms with Gasteiger partial charge in [0, 0.05) is 17.8 Å². The second-order valence-corrected chi connectivity index (χ2v) is 6.88. The summed E-state index contributed by atoms with van der Waals surface area (Å²) in [6.45, 7) is 15.0. The predicted octanol–water partition coefficient (Wildman–Crippen LogP) is 4.80. The summed E-state index contributed by atoms with van der Waals surface area (Å²) in [6, 6.07) is 9.06. The Morgan fingerprint density at radius 3 is 1.74 bits per heavy atom. The third-order valence-corrected chi connectivity index (χ3v) is 4.65. The van der Waals surface area contributed by atoms with Crippen LogP contribution in [-0.2, 0) is 0 Å². The Bertz CT molecular complexity index is 753. The van der Waals surface area contributed by atoms with Crippen molar-refractivity contribution >= 4 is 11.5 Å². The van der Waals surface area contributed by atoms with E-state index >= 15 is 0 Å². The zero-order valence-corrected chi connectivity index (χ0v) is 15.1. The minimum Gasteiger partial charge on any atom is -0.324 e. The molecule has 0 aliphatic carbocycles. The number of hydrogen-bond donors (Lipinski definition) is 0. The minimum absolute atomic E-state index is 0.870. The average Bonchev–Trinajstić information content (AvgIpc) is 2.85. The molecule has 3 rings (SSSR count). The van der Waals surface area contributed by atoms with Crippen LogP contribution in [0, 0.1) is 41.5 Å². The van der Waals surface area contributed by atoms with E-state index in [1.54, 1.807) is 0 Å². The Labute approximate surface area is 139 Å². The molecule has 0 radical (unpaired) electrons. The number of hydrogen-bond acceptors (Lipinski definition) is 2. The maximum absolute atomic E-state index is 4.86. The molecule has 0 fully saturated rings. The first-order valence-corrected chi connectivity index (χ1v) is 8.36. The highest BCUT2D eigenvalue weighted by molar-refractivity contribution is 6.13. The van der Waals surface area contributed by atoms with Crippen molar-refractivity contribution in [1.82, 2.24) is 0 Å². The zero-order valence-electron chi connectivity index (χ0n) is 15.1. The van der Waals surface area contributed by atoms with E-state index in [4.69, 9.17) is 4.99 Å². The van der Waals surface area contributed by atoms with Crippen molar-refractivity contribution in [3.63, 3.8) is 0 Å². The van der Waals surface area contributed by atoms with Gasteiger partial charge in [0.05, 0.1) is 6.54 Å². The molecule has 0 atom stereocenters. The number of aryl methyl sites for hydroxylation is 6. The fourth-order valence-corrected chi connectivity index (χ4v) is 4.01. The summed E-state index contributed by atoms with van der Waals surface area (Å²) in [5, 5.41) is 0. The summed E-state index contributed by atoms with van der Waals surface area (Å²) in [6.07, 6.45) is 0. The second-order valence-electron chi connectivity index (χ2n) is 6.88. The van der Waals surface area contributed by atoms with Gasteiger partial charge in [-0.25, -0.2) is 0 Å². The molecule has 0 saturated heterocycles. The van der Waals surface area contributed by atoms with Gasteiger partial charge in [0.2, 0.25) is 0 Å². The quantitative estimate of drug-likeness (QED) is 0.778. The molecule has 0 saturated carbocycles. The number of anilines is 1. The molecule has 1 heterocycles. The van der Waals surface area contributed by atoms with Crippen LogP contribution in [-0.4, -0.2) is 18.9 Å². The topological polar surface area (TPSA) is 15.6 Å². The fourth-order valence-electron chi connectivity index (χ4n) is 4.01. The number of aliphatic imine (C=N–C) groups is 1. The highest BCUT2D eigenvalue weighted by atomic mass is 15.2. The maximum Gasteiger partial charge on any atom is 0.136 e. The van der Waals surface area contributed by atoms with Gasteiger partial charge >= 0.3 is 0 Å². The lowest BCUT2D eigenvalue weighted by molar-refractivity contribution is 1.01. The molecule has 1 aliphatic heterocycles. The highest BCUT2D eigenvalue weighted by Crippen LogP contribution is 2.31. The molecule has 23 heavy (non-hydrogen) atoms. The van der Waals surface area contributed by atoms with Crippen molar-refractivity contribution in [3.8, 4) is 0 Å². The Kier molecular flexibility index (Phi) is 4.01. The molecular weight excluding hydrogens is 280 g/mol. The van der Waals surface area contributed by atoms with E-state index in [-0.39, 0.29) is 0 Å². The van der Waals surface area contributed by atoms with Crippen LogP contribution in [0.4, 0.5) is 5.69 Å². The van der Waals surface area contributed by atoms with Crippen LogP contribution < -0.4 is 4.90 Å². The first-order valence-electron chi connectivity index (χ1n) is 8.36. The van der Waals surface area contributed by atoms with E-state index in [1.807, 2.05) is 0 Å². The van der Waals surface area contributed by atoms with Crippen LogP contribution in [0.1, 0.15) is 38.9 Å². The molecule has 2 aromatic carbocycles. The van der Waals surface area contributed by atoms with Crippen molar-refractivity contribution in [3.05, 3.63) is 63.2 Å². The van der Waals surface area contributed by atoms with Crippen LogP contribution in [0.3, 0.4) is 0 Å². The largest absolute Gasteiger partial charge is 0.324 e. The zero-order chi connectivity index (χ0) is 16.7. The summed E-state index contributed by atoms with van der Waals surface area (Å²) in [4.78, 5) is 7.27. The monoisotopic (exact) mass is 306 g/mol. The van der Waals surface area contributed by atoms with Gasteiger partial charge in [-0.1, -0.05) is 35.4 Å². The molecule has 2 nitrogen and oxygen atoms in total. The normalized spacial score (nSPS) is 14.3. The lowest BCUT2D eigenvalue weighted by Gasteiger charge is -2.27. The number of benzene rings is 2. The van der Waals surface area contributed by atoms with Crippen LogP contribution >= 0.6 is 0 Å². The summed E-state index contributed by atoms with van der Waals surface area (Å²) in [5.41, 5.74) is 10.6. The molecule has 1 aliphatic rings. The van der Waals surface area contributed by atoms with Crippen molar-refractivity contribution in [2.45, 2.75) is 41.5 Å². The van der Waals surface area contributed by atoms with Crippen molar-refractivity contribution in [2.24, 2.45) is 4.99 Å². The first-order chi connectivity index (χ1) is 10.9. The van der Waals surface area contributed by atoms with Gasteiger partial charge in [-0.3, -0.25) is 4.99 Å². The highest BCUT2D eigenvalue weighted by Gasteiger charge is 2.25. The molecular formula is C21H26N2. The van der Waals surface area contributed by atoms with Gasteiger partial charge < -0.3 is 4.90 Å². The first kappa shape index (κ1) is 15.8. The van der Waals surface area contributed by atoms with Crippen LogP contribution in [0.5, 0.6) is 0 Å². The van der Waals surface area contributed by atoms with Gasteiger partial charge in [0.15, 0.2) is 0 Å². The third kappa shape index (κ3) is 2.78. The number of nitrogens with zero attached hydrogens (tertiary/aromatic N) is 2. The molecule has 2 heteroatoms. The van der Waals surface area contributed by atoms with E-state index in [1.165, 1.54) is 44.6 Å². The van der Waals surface area contributed by atoms with E-state index in [0.717, 1.165) is 18.9 Å². The summed E-state index contributed by atoms with van der Waals surface area (Å²) >= 11 is 0. The van der Waals surface area contributed by atoms with Gasteiger partial charge in [-0.05, 0) is 63.8 Å². The van der Waals surface area contributed by atoms with E-state index in [0.29, 0.717) is 0 Å². The average molecular weight is 306 g/mol. The second kappa shape index (κ2) is 5.84. The fraction of sp³-hybridized carbons (Fsp3) is 0.381. The minimum atomic E-state index is 0.870. The molecule has 0 bridgehead atoms. The Morgan fingerprint density at radius 1 is 0.739 bits per heavy atom. The van der Waals surface area contributed by atoms with Crippen molar-refractivity contribution in [1.29, 1.82) is 0 Å². The third-order valence-electron chi connectivity index (χ3n) is 4.65. The summed E-state index contributed by atoms with van der Waals surface area (Å²) in [5.74, 6) is 1.13. The summed E-state index contributed by atoms with van der Waals surface area (Å²) in [7, 11) is 0. The lowest BCUT2D eigenvalue weighted by atomic mass is 9.97. The van der Waals surface area contributed by atoms with Crippen molar-refractivity contribution in [2.75, 3.05) is 18.0 Å². The molecule has 0 amide bonds.